The molecule has 3 aromatic heterocycles. The second-order valence-corrected chi connectivity index (χ2v) is 11.9. The molecule has 0 atom stereocenters. The molecule has 0 aliphatic heterocycles. The van der Waals surface area contributed by atoms with E-state index in [9.17, 15) is 9.90 Å². The number of aromatic nitrogens is 3. The number of carboxylic acid groups (broad SMARTS) is 1. The maximum Gasteiger partial charge on any atom is 1.00 e. The number of carbonyl (C=O) groups is 1. The molecule has 0 radical (unpaired) electrons. The number of pyridine rings is 1. The van der Waals surface area contributed by atoms with E-state index < -0.39 is 5.97 Å². The zero-order valence-corrected chi connectivity index (χ0v) is 29.4. The van der Waals surface area contributed by atoms with Gasteiger partial charge in [-0.1, -0.05) is 60.7 Å². The van der Waals surface area contributed by atoms with Crippen molar-refractivity contribution < 1.29 is 53.7 Å². The van der Waals surface area contributed by atoms with E-state index in [1.54, 1.807) is 43.1 Å². The van der Waals surface area contributed by atoms with Crippen LogP contribution in [0.3, 0.4) is 0 Å². The molecule has 3 heterocycles. The molecule has 0 spiro atoms. The number of carbonyl (C=O) groups excluding carboxylic acids is 1. The Kier molecular flexibility index (Phi) is 10.9. The molecular formula is C39H28N3NaO5S. The molecule has 7 rings (SSSR count). The summed E-state index contributed by atoms with van der Waals surface area (Å²) in [6.07, 6.45) is 9.97. The Morgan fingerprint density at radius 1 is 0.776 bits per heavy atom. The summed E-state index contributed by atoms with van der Waals surface area (Å²) in [6, 6.07) is 34.4. The van der Waals surface area contributed by atoms with E-state index in [1.165, 1.54) is 11.3 Å². The molecule has 0 amide bonds. The van der Waals surface area contributed by atoms with Gasteiger partial charge in [-0.15, -0.1) is 11.3 Å². The minimum atomic E-state index is -1.31. The van der Waals surface area contributed by atoms with Crippen LogP contribution in [0.25, 0.3) is 27.4 Å². The van der Waals surface area contributed by atoms with Gasteiger partial charge in [0.2, 0.25) is 0 Å². The van der Waals surface area contributed by atoms with Crippen molar-refractivity contribution in [3.8, 4) is 28.7 Å². The largest absolute Gasteiger partial charge is 1.00 e. The summed E-state index contributed by atoms with van der Waals surface area (Å²) >= 11 is 1.39. The predicted octanol–water partition coefficient (Wildman–Crippen LogP) is 4.73. The zero-order valence-electron chi connectivity index (χ0n) is 26.6. The van der Waals surface area contributed by atoms with Crippen molar-refractivity contribution in [1.82, 2.24) is 14.5 Å². The Hall–Kier alpha value is -5.19. The number of rotatable bonds is 12. The molecular weight excluding hydrogens is 646 g/mol. The molecule has 0 saturated heterocycles. The summed E-state index contributed by atoms with van der Waals surface area (Å²) in [6.45, 7) is 0.670. The first kappa shape index (κ1) is 33.7. The summed E-state index contributed by atoms with van der Waals surface area (Å²) in [5.41, 5.74) is 3.41. The van der Waals surface area contributed by atoms with Crippen LogP contribution >= 0.6 is 11.3 Å². The van der Waals surface area contributed by atoms with Crippen LogP contribution in [0, 0.1) is 0 Å². The minimum absolute atomic E-state index is 0. The van der Waals surface area contributed by atoms with E-state index in [2.05, 4.69) is 9.97 Å². The summed E-state index contributed by atoms with van der Waals surface area (Å²) in [5.74, 6) is 0.837. The number of aliphatic carboxylic acids is 1. The molecule has 4 aromatic carbocycles. The molecule has 0 fully saturated rings. The van der Waals surface area contributed by atoms with E-state index in [1.807, 2.05) is 108 Å². The molecule has 0 bridgehead atoms. The van der Waals surface area contributed by atoms with Gasteiger partial charge in [-0.05, 0) is 65.2 Å². The van der Waals surface area contributed by atoms with Crippen LogP contribution in [0.2, 0.25) is 0 Å². The van der Waals surface area contributed by atoms with E-state index in [0.29, 0.717) is 46.7 Å². The molecule has 7 aromatic rings. The maximum absolute atomic E-state index is 12.4. The van der Waals surface area contributed by atoms with E-state index in [0.717, 1.165) is 26.9 Å². The Labute approximate surface area is 309 Å². The Morgan fingerprint density at radius 3 is 2.00 bits per heavy atom. The molecule has 0 aliphatic carbocycles. The number of nitrogens with zero attached hydrogens (tertiary/aromatic N) is 3. The molecule has 0 unspecified atom stereocenters. The topological polar surface area (TPSA) is 98.5 Å². The maximum atomic E-state index is 12.4. The van der Waals surface area contributed by atoms with Crippen LogP contribution < -0.4 is 48.9 Å². The first-order chi connectivity index (χ1) is 23.6. The van der Waals surface area contributed by atoms with Crippen molar-refractivity contribution in [3.05, 3.63) is 162 Å². The molecule has 236 valence electrons. The second-order valence-electron chi connectivity index (χ2n) is 10.8. The molecule has 0 saturated carbocycles. The van der Waals surface area contributed by atoms with Gasteiger partial charge in [0.1, 0.15) is 19.0 Å². The fraction of sp³-hybridized carbons (Fsp3) is 0.0513. The first-order valence-electron chi connectivity index (χ1n) is 15.1. The van der Waals surface area contributed by atoms with Gasteiger partial charge in [0.05, 0.1) is 17.2 Å². The Bertz CT molecular complexity index is 2170. The fourth-order valence-corrected chi connectivity index (χ4v) is 6.22. The quantitative estimate of drug-likeness (QED) is 0.137. The van der Waals surface area contributed by atoms with Crippen LogP contribution in [0.4, 0.5) is 0 Å². The van der Waals surface area contributed by atoms with Gasteiger partial charge in [-0.3, -0.25) is 4.98 Å². The third kappa shape index (κ3) is 8.10. The van der Waals surface area contributed by atoms with Gasteiger partial charge in [-0.25, -0.2) is 4.98 Å². The average molecular weight is 674 g/mol. The smallest absolute Gasteiger partial charge is 0.545 e. The van der Waals surface area contributed by atoms with Crippen molar-refractivity contribution in [2.24, 2.45) is 0 Å². The van der Waals surface area contributed by atoms with Gasteiger partial charge in [0.25, 0.3) is 0 Å². The summed E-state index contributed by atoms with van der Waals surface area (Å²) in [4.78, 5) is 21.1. The number of carboxylic acids is 1. The number of hydrogen-bond donors (Lipinski definition) is 0. The standard InChI is InChI=1S/C39H29N3O5S.Na/c43-39(44)32(29-15-17-40-18-16-29)22-37-38(47-31-13-11-30(12-14-31)42-20-19-41-26-42)33-21-34(45-24-27-7-3-1-4-8-27)35(23-36(33)48-37)46-25-28-9-5-2-6-10-28;/h1-23,26H,24-25H2,(H,43,44);/q;+1/p-1/b32-22+;. The summed E-state index contributed by atoms with van der Waals surface area (Å²) in [7, 11) is 0. The minimum Gasteiger partial charge on any atom is -0.545 e. The number of imidazole rings is 1. The van der Waals surface area contributed by atoms with Crippen LogP contribution in [0.15, 0.2) is 140 Å². The monoisotopic (exact) mass is 673 g/mol. The van der Waals surface area contributed by atoms with Gasteiger partial charge >= 0.3 is 29.6 Å². The van der Waals surface area contributed by atoms with Gasteiger partial charge in [0, 0.05) is 52.2 Å². The predicted molar refractivity (Wildman–Crippen MR) is 184 cm³/mol. The summed E-state index contributed by atoms with van der Waals surface area (Å²) in [5, 5.41) is 13.1. The van der Waals surface area contributed by atoms with Crippen LogP contribution in [-0.4, -0.2) is 20.5 Å². The van der Waals surface area contributed by atoms with Crippen molar-refractivity contribution in [2.45, 2.75) is 13.2 Å². The van der Waals surface area contributed by atoms with E-state index in [-0.39, 0.29) is 35.1 Å². The Balaban J connectivity index is 0.00000417. The van der Waals surface area contributed by atoms with Gasteiger partial charge in [-0.2, -0.15) is 0 Å². The number of thiophene rings is 1. The third-order valence-electron chi connectivity index (χ3n) is 7.55. The van der Waals surface area contributed by atoms with E-state index >= 15 is 0 Å². The van der Waals surface area contributed by atoms with Crippen LogP contribution in [0.1, 0.15) is 21.6 Å². The second kappa shape index (κ2) is 15.8. The van der Waals surface area contributed by atoms with Crippen molar-refractivity contribution in [1.29, 1.82) is 0 Å². The fourth-order valence-electron chi connectivity index (χ4n) is 5.14. The van der Waals surface area contributed by atoms with Crippen molar-refractivity contribution >= 4 is 39.0 Å². The van der Waals surface area contributed by atoms with Gasteiger partial charge < -0.3 is 28.7 Å². The van der Waals surface area contributed by atoms with Crippen molar-refractivity contribution in [3.63, 3.8) is 0 Å². The molecule has 49 heavy (non-hydrogen) atoms. The number of ether oxygens (including phenoxy) is 3. The van der Waals surface area contributed by atoms with Gasteiger partial charge in [0.15, 0.2) is 17.2 Å². The van der Waals surface area contributed by atoms with Crippen molar-refractivity contribution in [2.75, 3.05) is 0 Å². The first-order valence-corrected chi connectivity index (χ1v) is 16.0. The molecule has 8 nitrogen and oxygen atoms in total. The number of fused-ring (bicyclic) bond motifs is 1. The molecule has 0 N–H and O–H groups in total. The van der Waals surface area contributed by atoms with E-state index in [4.69, 9.17) is 14.2 Å². The van der Waals surface area contributed by atoms with Crippen LogP contribution in [0.5, 0.6) is 23.0 Å². The normalized spacial score (nSPS) is 11.1. The average Bonchev–Trinajstić information content (AvgIpc) is 3.78. The number of benzene rings is 4. The Morgan fingerprint density at radius 2 is 1.41 bits per heavy atom. The SMILES string of the molecule is O=C([O-])/C(=C/c1sc2cc(OCc3ccccc3)c(OCc3ccccc3)cc2c1Oc1ccc(-n2ccnc2)cc1)c1ccncc1.[Na+]. The molecule has 0 aliphatic rings. The third-order valence-corrected chi connectivity index (χ3v) is 8.64. The van der Waals surface area contributed by atoms with Crippen LogP contribution in [-0.2, 0) is 18.0 Å². The summed E-state index contributed by atoms with van der Waals surface area (Å²) < 4.78 is 22.0. The zero-order chi connectivity index (χ0) is 32.7. The number of hydrogen-bond acceptors (Lipinski definition) is 8. The molecule has 10 heteroatoms.